The van der Waals surface area contributed by atoms with Crippen LogP contribution in [0.25, 0.3) is 0 Å². The van der Waals surface area contributed by atoms with E-state index in [0.717, 1.165) is 18.9 Å². The zero-order valence-corrected chi connectivity index (χ0v) is 9.88. The van der Waals surface area contributed by atoms with Crippen LogP contribution >= 0.6 is 0 Å². The molecule has 0 amide bonds. The number of carbonyl (C=O) groups is 1. The van der Waals surface area contributed by atoms with Crippen molar-refractivity contribution in [3.8, 4) is 5.75 Å². The summed E-state index contributed by atoms with van der Waals surface area (Å²) >= 11 is 0. The molecule has 1 atom stereocenters. The number of carboxylic acids is 1. The van der Waals surface area contributed by atoms with Crippen LogP contribution < -0.4 is 0 Å². The minimum absolute atomic E-state index is 0.0107. The molecule has 19 heavy (non-hydrogen) atoms. The van der Waals surface area contributed by atoms with Gasteiger partial charge in [0.05, 0.1) is 17.4 Å². The molecule has 1 aliphatic rings. The highest BCUT2D eigenvalue weighted by Gasteiger charge is 2.37. The molecule has 1 unspecified atom stereocenters. The van der Waals surface area contributed by atoms with Crippen LogP contribution in [0.1, 0.15) is 30.7 Å². The molecule has 0 saturated heterocycles. The number of nitro groups is 1. The molecular formula is C12H12FNO5. The number of benzene rings is 1. The van der Waals surface area contributed by atoms with Crippen molar-refractivity contribution in [1.29, 1.82) is 0 Å². The SMILES string of the molecule is O=C(O)CC(c1cc(F)cc([N+](=O)[O-])c1O)C1CC1. The van der Waals surface area contributed by atoms with Crippen LogP contribution in [0.15, 0.2) is 12.1 Å². The second kappa shape index (κ2) is 4.83. The number of halogens is 1. The minimum Gasteiger partial charge on any atom is -0.502 e. The van der Waals surface area contributed by atoms with Gasteiger partial charge in [0, 0.05) is 11.5 Å². The highest BCUT2D eigenvalue weighted by atomic mass is 19.1. The molecular weight excluding hydrogens is 257 g/mol. The number of aromatic hydroxyl groups is 1. The molecule has 1 aliphatic carbocycles. The molecule has 102 valence electrons. The lowest BCUT2D eigenvalue weighted by Crippen LogP contribution is -2.09. The van der Waals surface area contributed by atoms with Crippen LogP contribution in [0, 0.1) is 21.8 Å². The lowest BCUT2D eigenvalue weighted by Gasteiger charge is -2.16. The summed E-state index contributed by atoms with van der Waals surface area (Å²) < 4.78 is 13.4. The monoisotopic (exact) mass is 269 g/mol. The molecule has 1 fully saturated rings. The predicted octanol–water partition coefficient (Wildman–Crippen LogP) is 2.41. The largest absolute Gasteiger partial charge is 0.502 e. The smallest absolute Gasteiger partial charge is 0.313 e. The van der Waals surface area contributed by atoms with Gasteiger partial charge in [-0.3, -0.25) is 14.9 Å². The third-order valence-corrected chi connectivity index (χ3v) is 3.27. The minimum atomic E-state index is -1.08. The van der Waals surface area contributed by atoms with Gasteiger partial charge in [-0.1, -0.05) is 0 Å². The van der Waals surface area contributed by atoms with Crippen molar-refractivity contribution in [3.63, 3.8) is 0 Å². The summed E-state index contributed by atoms with van der Waals surface area (Å²) in [5.74, 6) is -3.13. The first-order valence-corrected chi connectivity index (χ1v) is 5.78. The van der Waals surface area contributed by atoms with Crippen LogP contribution in [0.4, 0.5) is 10.1 Å². The van der Waals surface area contributed by atoms with Crippen LogP contribution in [-0.4, -0.2) is 21.1 Å². The fourth-order valence-electron chi connectivity index (χ4n) is 2.24. The van der Waals surface area contributed by atoms with Gasteiger partial charge in [-0.15, -0.1) is 0 Å². The van der Waals surface area contributed by atoms with E-state index in [0.29, 0.717) is 6.07 Å². The van der Waals surface area contributed by atoms with Crippen molar-refractivity contribution in [1.82, 2.24) is 0 Å². The molecule has 1 aromatic rings. The molecule has 2 rings (SSSR count). The highest BCUT2D eigenvalue weighted by Crippen LogP contribution is 2.48. The summed E-state index contributed by atoms with van der Waals surface area (Å²) in [5, 5.41) is 29.4. The Kier molecular flexibility index (Phi) is 3.37. The first-order chi connectivity index (χ1) is 8.90. The number of hydrogen-bond donors (Lipinski definition) is 2. The van der Waals surface area contributed by atoms with Crippen LogP contribution in [0.2, 0.25) is 0 Å². The molecule has 0 spiro atoms. The Bertz CT molecular complexity index is 541. The van der Waals surface area contributed by atoms with E-state index in [4.69, 9.17) is 5.11 Å². The van der Waals surface area contributed by atoms with Gasteiger partial charge in [0.2, 0.25) is 0 Å². The van der Waals surface area contributed by atoms with E-state index in [1.165, 1.54) is 0 Å². The molecule has 1 aromatic carbocycles. The number of rotatable bonds is 5. The Morgan fingerprint density at radius 3 is 2.63 bits per heavy atom. The Morgan fingerprint density at radius 2 is 2.16 bits per heavy atom. The van der Waals surface area contributed by atoms with Crippen molar-refractivity contribution < 1.29 is 24.3 Å². The Balaban J connectivity index is 2.46. The van der Waals surface area contributed by atoms with Gasteiger partial charge in [0.15, 0.2) is 5.75 Å². The second-order valence-electron chi connectivity index (χ2n) is 4.66. The van der Waals surface area contributed by atoms with Crippen molar-refractivity contribution >= 4 is 11.7 Å². The molecule has 0 aliphatic heterocycles. The first-order valence-electron chi connectivity index (χ1n) is 5.78. The fraction of sp³-hybridized carbons (Fsp3) is 0.417. The maximum Gasteiger partial charge on any atom is 0.313 e. The van der Waals surface area contributed by atoms with Gasteiger partial charge in [-0.05, 0) is 24.8 Å². The Hall–Kier alpha value is -2.18. The van der Waals surface area contributed by atoms with Gasteiger partial charge in [-0.2, -0.15) is 0 Å². The topological polar surface area (TPSA) is 101 Å². The quantitative estimate of drug-likeness (QED) is 0.631. The van der Waals surface area contributed by atoms with Crippen molar-refractivity contribution in [3.05, 3.63) is 33.6 Å². The molecule has 0 bridgehead atoms. The van der Waals surface area contributed by atoms with Crippen molar-refractivity contribution in [2.24, 2.45) is 5.92 Å². The number of carboxylic acid groups (broad SMARTS) is 1. The number of nitro benzene ring substituents is 1. The van der Waals surface area contributed by atoms with E-state index in [1.807, 2.05) is 0 Å². The van der Waals surface area contributed by atoms with Gasteiger partial charge in [0.25, 0.3) is 0 Å². The average Bonchev–Trinajstić information content (AvgIpc) is 3.12. The molecule has 0 heterocycles. The summed E-state index contributed by atoms with van der Waals surface area (Å²) in [7, 11) is 0. The lowest BCUT2D eigenvalue weighted by molar-refractivity contribution is -0.386. The molecule has 2 N–H and O–H groups in total. The number of phenols is 1. The third-order valence-electron chi connectivity index (χ3n) is 3.27. The number of aliphatic carboxylic acids is 1. The number of hydrogen-bond acceptors (Lipinski definition) is 4. The summed E-state index contributed by atoms with van der Waals surface area (Å²) in [5.41, 5.74) is -0.720. The molecule has 1 saturated carbocycles. The van der Waals surface area contributed by atoms with Crippen molar-refractivity contribution in [2.75, 3.05) is 0 Å². The van der Waals surface area contributed by atoms with Gasteiger partial charge < -0.3 is 10.2 Å². The van der Waals surface area contributed by atoms with E-state index >= 15 is 0 Å². The van der Waals surface area contributed by atoms with E-state index in [1.54, 1.807) is 0 Å². The maximum absolute atomic E-state index is 13.4. The third kappa shape index (κ3) is 2.81. The second-order valence-corrected chi connectivity index (χ2v) is 4.66. The standard InChI is InChI=1S/C12H12FNO5/c13-7-3-9(12(17)10(4-7)14(18)19)8(5-11(15)16)6-1-2-6/h3-4,6,8,17H,1-2,5H2,(H,15,16). The average molecular weight is 269 g/mol. The van der Waals surface area contributed by atoms with Gasteiger partial charge in [-0.25, -0.2) is 4.39 Å². The Labute approximate surface area is 107 Å². The number of phenolic OH excluding ortho intramolecular Hbond substituents is 1. The maximum atomic E-state index is 13.4. The molecule has 0 radical (unpaired) electrons. The predicted molar refractivity (Wildman–Crippen MR) is 62.4 cm³/mol. The Morgan fingerprint density at radius 1 is 1.53 bits per heavy atom. The zero-order chi connectivity index (χ0) is 14.2. The number of nitrogens with zero attached hydrogens (tertiary/aromatic N) is 1. The zero-order valence-electron chi connectivity index (χ0n) is 9.88. The van der Waals surface area contributed by atoms with E-state index in [2.05, 4.69) is 0 Å². The molecule has 6 nitrogen and oxygen atoms in total. The summed E-state index contributed by atoms with van der Waals surface area (Å²) in [6, 6.07) is 1.61. The van der Waals surface area contributed by atoms with E-state index in [-0.39, 0.29) is 17.9 Å². The van der Waals surface area contributed by atoms with Gasteiger partial charge >= 0.3 is 11.7 Å². The lowest BCUT2D eigenvalue weighted by atomic mass is 9.90. The fourth-order valence-corrected chi connectivity index (χ4v) is 2.24. The first kappa shape index (κ1) is 13.3. The highest BCUT2D eigenvalue weighted by molar-refractivity contribution is 5.69. The molecule has 0 aromatic heterocycles. The summed E-state index contributed by atoms with van der Waals surface area (Å²) in [6.45, 7) is 0. The normalized spacial score (nSPS) is 16.1. The molecule has 7 heteroatoms. The van der Waals surface area contributed by atoms with Crippen molar-refractivity contribution in [2.45, 2.75) is 25.2 Å². The van der Waals surface area contributed by atoms with Crippen LogP contribution in [0.3, 0.4) is 0 Å². The van der Waals surface area contributed by atoms with Crippen LogP contribution in [0.5, 0.6) is 5.75 Å². The van der Waals surface area contributed by atoms with E-state index in [9.17, 15) is 24.4 Å². The van der Waals surface area contributed by atoms with E-state index < -0.39 is 34.1 Å². The van der Waals surface area contributed by atoms with Gasteiger partial charge in [0.1, 0.15) is 5.82 Å². The summed E-state index contributed by atoms with van der Waals surface area (Å²) in [4.78, 5) is 20.7. The van der Waals surface area contributed by atoms with Crippen LogP contribution in [-0.2, 0) is 4.79 Å². The summed E-state index contributed by atoms with van der Waals surface area (Å²) in [6.07, 6.45) is 1.28.